The first-order valence-corrected chi connectivity index (χ1v) is 9.69. The molecule has 8 heteroatoms. The van der Waals surface area contributed by atoms with Crippen LogP contribution in [-0.2, 0) is 16.6 Å². The maximum absolute atomic E-state index is 12.3. The number of hydrogen-bond acceptors (Lipinski definition) is 5. The minimum Gasteiger partial charge on any atom is -0.466 e. The molecule has 0 radical (unpaired) electrons. The van der Waals surface area contributed by atoms with Gasteiger partial charge in [0, 0.05) is 21.3 Å². The highest BCUT2D eigenvalue weighted by Crippen LogP contribution is 2.29. The number of rotatable bonds is 6. The lowest BCUT2D eigenvalue weighted by Crippen LogP contribution is -2.22. The van der Waals surface area contributed by atoms with Gasteiger partial charge in [-0.2, -0.15) is 0 Å². The third kappa shape index (κ3) is 3.88. The lowest BCUT2D eigenvalue weighted by molar-refractivity contribution is 0.193. The molecule has 2 aromatic heterocycles. The molecule has 2 N–H and O–H groups in total. The highest BCUT2D eigenvalue weighted by Gasteiger charge is 2.17. The highest BCUT2D eigenvalue weighted by molar-refractivity contribution is 7.89. The first-order valence-electron chi connectivity index (χ1n) is 7.01. The number of aliphatic hydroxyl groups excluding tert-OH is 1. The first kappa shape index (κ1) is 17.2. The van der Waals surface area contributed by atoms with E-state index < -0.39 is 16.1 Å². The number of aliphatic hydroxyl groups is 1. The summed E-state index contributed by atoms with van der Waals surface area (Å²) in [7, 11) is -3.64. The number of furan rings is 1. The number of benzene rings is 1. The molecule has 0 spiro atoms. The third-order valence-corrected chi connectivity index (χ3v) is 6.08. The molecule has 1 atom stereocenters. The minimum atomic E-state index is -3.64. The van der Waals surface area contributed by atoms with Gasteiger partial charge in [-0.3, -0.25) is 0 Å². The van der Waals surface area contributed by atoms with E-state index in [-0.39, 0.29) is 11.4 Å². The summed E-state index contributed by atoms with van der Waals surface area (Å²) in [5, 5.41) is 10.6. The average molecular weight is 384 g/mol. The van der Waals surface area contributed by atoms with E-state index in [0.29, 0.717) is 15.7 Å². The molecule has 24 heavy (non-hydrogen) atoms. The molecule has 0 saturated carbocycles. The zero-order valence-electron chi connectivity index (χ0n) is 12.3. The predicted octanol–water partition coefficient (Wildman–Crippen LogP) is 3.55. The van der Waals surface area contributed by atoms with E-state index in [0.717, 1.165) is 4.88 Å². The topological polar surface area (TPSA) is 79.5 Å². The van der Waals surface area contributed by atoms with Crippen molar-refractivity contribution in [2.75, 3.05) is 0 Å². The fraction of sp³-hybridized carbons (Fsp3) is 0.125. The van der Waals surface area contributed by atoms with E-state index in [9.17, 15) is 13.5 Å². The molecule has 0 bridgehead atoms. The van der Waals surface area contributed by atoms with Gasteiger partial charge >= 0.3 is 0 Å². The van der Waals surface area contributed by atoms with Crippen molar-refractivity contribution in [1.82, 2.24) is 4.72 Å². The van der Waals surface area contributed by atoms with Gasteiger partial charge in [-0.1, -0.05) is 17.7 Å². The van der Waals surface area contributed by atoms with Crippen LogP contribution in [0.2, 0.25) is 5.02 Å². The monoisotopic (exact) mass is 383 g/mol. The van der Waals surface area contributed by atoms with Crippen LogP contribution in [0.1, 0.15) is 21.6 Å². The first-order chi connectivity index (χ1) is 11.5. The molecule has 3 rings (SSSR count). The van der Waals surface area contributed by atoms with Gasteiger partial charge < -0.3 is 9.52 Å². The summed E-state index contributed by atoms with van der Waals surface area (Å²) in [6, 6.07) is 13.0. The van der Waals surface area contributed by atoms with E-state index in [1.165, 1.54) is 29.7 Å². The summed E-state index contributed by atoms with van der Waals surface area (Å²) in [4.78, 5) is 1.57. The molecule has 0 aliphatic heterocycles. The number of thiophene rings is 1. The number of sulfonamides is 1. The van der Waals surface area contributed by atoms with Gasteiger partial charge in [0.05, 0.1) is 11.2 Å². The maximum Gasteiger partial charge on any atom is 0.240 e. The van der Waals surface area contributed by atoms with Gasteiger partial charge in [-0.15, -0.1) is 11.3 Å². The van der Waals surface area contributed by atoms with E-state index in [4.69, 9.17) is 16.0 Å². The van der Waals surface area contributed by atoms with Crippen LogP contribution in [0, 0.1) is 0 Å². The Labute approximate surface area is 148 Å². The molecule has 0 aliphatic carbocycles. The third-order valence-electron chi connectivity index (χ3n) is 3.31. The Hall–Kier alpha value is -1.64. The molecule has 0 fully saturated rings. The van der Waals surface area contributed by atoms with Gasteiger partial charge in [0.15, 0.2) is 0 Å². The summed E-state index contributed by atoms with van der Waals surface area (Å²) < 4.78 is 32.2. The van der Waals surface area contributed by atoms with Crippen LogP contribution in [0.25, 0.3) is 0 Å². The van der Waals surface area contributed by atoms with Crippen LogP contribution in [0.4, 0.5) is 0 Å². The van der Waals surface area contributed by atoms with Crippen molar-refractivity contribution in [2.45, 2.75) is 17.5 Å². The second-order valence-electron chi connectivity index (χ2n) is 5.00. The molecule has 0 saturated heterocycles. The smallest absolute Gasteiger partial charge is 0.240 e. The van der Waals surface area contributed by atoms with Crippen molar-refractivity contribution in [3.63, 3.8) is 0 Å². The Balaban J connectivity index is 1.69. The van der Waals surface area contributed by atoms with Crippen molar-refractivity contribution in [1.29, 1.82) is 0 Å². The van der Waals surface area contributed by atoms with Gasteiger partial charge in [0.25, 0.3) is 0 Å². The molecule has 5 nitrogen and oxygen atoms in total. The molecular weight excluding hydrogens is 370 g/mol. The van der Waals surface area contributed by atoms with Crippen LogP contribution in [0.5, 0.6) is 0 Å². The highest BCUT2D eigenvalue weighted by atomic mass is 35.5. The summed E-state index contributed by atoms with van der Waals surface area (Å²) >= 11 is 7.14. The lowest BCUT2D eigenvalue weighted by Gasteiger charge is -2.06. The Bertz CT molecular complexity index is 919. The predicted molar refractivity (Wildman–Crippen MR) is 92.6 cm³/mol. The zero-order chi connectivity index (χ0) is 17.2. The van der Waals surface area contributed by atoms with E-state index in [2.05, 4.69) is 4.72 Å². The summed E-state index contributed by atoms with van der Waals surface area (Å²) in [6.07, 6.45) is 0.634. The Morgan fingerprint density at radius 2 is 2.04 bits per heavy atom. The van der Waals surface area contributed by atoms with Gasteiger partial charge in [-0.25, -0.2) is 13.1 Å². The van der Waals surface area contributed by atoms with Crippen molar-refractivity contribution in [3.05, 3.63) is 75.3 Å². The fourth-order valence-electron chi connectivity index (χ4n) is 2.11. The van der Waals surface area contributed by atoms with Crippen LogP contribution >= 0.6 is 22.9 Å². The van der Waals surface area contributed by atoms with E-state index in [1.54, 1.807) is 36.4 Å². The molecule has 0 amide bonds. The lowest BCUT2D eigenvalue weighted by atomic mass is 10.2. The van der Waals surface area contributed by atoms with E-state index >= 15 is 0 Å². The standard InChI is InChI=1S/C16H14ClNO4S2/c17-11-3-1-4-13(9-11)24(20,21)18-10-12-6-7-15(23-12)16(19)14-5-2-8-22-14/h1-9,16,18-19H,10H2. The van der Waals surface area contributed by atoms with Crippen LogP contribution in [0.15, 0.2) is 64.1 Å². The molecule has 3 aromatic rings. The number of hydrogen-bond donors (Lipinski definition) is 2. The second-order valence-corrected chi connectivity index (χ2v) is 8.41. The van der Waals surface area contributed by atoms with E-state index in [1.807, 2.05) is 0 Å². The van der Waals surface area contributed by atoms with Crippen molar-refractivity contribution in [2.24, 2.45) is 0 Å². The molecular formula is C16H14ClNO4S2. The molecule has 0 aliphatic rings. The van der Waals surface area contributed by atoms with Gasteiger partial charge in [-0.05, 0) is 42.5 Å². The van der Waals surface area contributed by atoms with Crippen LogP contribution in [-0.4, -0.2) is 13.5 Å². The Morgan fingerprint density at radius 1 is 1.21 bits per heavy atom. The van der Waals surface area contributed by atoms with Crippen LogP contribution in [0.3, 0.4) is 0 Å². The van der Waals surface area contributed by atoms with Crippen molar-refractivity contribution in [3.8, 4) is 0 Å². The molecule has 1 unspecified atom stereocenters. The average Bonchev–Trinajstić information content (AvgIpc) is 3.24. The normalized spacial score (nSPS) is 13.1. The Morgan fingerprint density at radius 3 is 2.75 bits per heavy atom. The Kier molecular flexibility index (Phi) is 5.07. The van der Waals surface area contributed by atoms with Gasteiger partial charge in [0.2, 0.25) is 10.0 Å². The van der Waals surface area contributed by atoms with Crippen molar-refractivity contribution >= 4 is 33.0 Å². The summed E-state index contributed by atoms with van der Waals surface area (Å²) in [6.45, 7) is 0.129. The fourth-order valence-corrected chi connectivity index (χ4v) is 4.45. The molecule has 2 heterocycles. The second kappa shape index (κ2) is 7.08. The molecule has 1 aromatic carbocycles. The number of halogens is 1. The zero-order valence-corrected chi connectivity index (χ0v) is 14.7. The molecule has 126 valence electrons. The quantitative estimate of drug-likeness (QED) is 0.682. The largest absolute Gasteiger partial charge is 0.466 e. The number of nitrogens with one attached hydrogen (secondary N) is 1. The van der Waals surface area contributed by atoms with Crippen molar-refractivity contribution < 1.29 is 17.9 Å². The summed E-state index contributed by atoms with van der Waals surface area (Å²) in [5.74, 6) is 0.447. The SMILES string of the molecule is O=S(=O)(NCc1ccc(C(O)c2ccco2)s1)c1cccc(Cl)c1. The maximum atomic E-state index is 12.3. The minimum absolute atomic E-state index is 0.113. The van der Waals surface area contributed by atoms with Crippen LogP contribution < -0.4 is 4.72 Å². The summed E-state index contributed by atoms with van der Waals surface area (Å²) in [5.41, 5.74) is 0. The van der Waals surface area contributed by atoms with Gasteiger partial charge in [0.1, 0.15) is 11.9 Å².